The highest BCUT2D eigenvalue weighted by Crippen LogP contribution is 2.40. The molecule has 1 saturated carbocycles. The molecule has 0 saturated heterocycles. The lowest BCUT2D eigenvalue weighted by Gasteiger charge is -2.18. The molecular formula is C21H24O. The Bertz CT molecular complexity index is 588. The molecule has 1 fully saturated rings. The number of carbonyl (C=O) groups excluding carboxylic acids is 1. The van der Waals surface area contributed by atoms with Crippen LogP contribution >= 0.6 is 0 Å². The molecule has 1 heteroatoms. The largest absolute Gasteiger partial charge is 0.299 e. The molecule has 1 aliphatic carbocycles. The van der Waals surface area contributed by atoms with Gasteiger partial charge in [0.1, 0.15) is 5.78 Å². The lowest BCUT2D eigenvalue weighted by molar-refractivity contribution is -0.121. The maximum Gasteiger partial charge on any atom is 0.136 e. The van der Waals surface area contributed by atoms with Crippen LogP contribution in [0.3, 0.4) is 0 Å². The van der Waals surface area contributed by atoms with Gasteiger partial charge in [0.05, 0.1) is 0 Å². The van der Waals surface area contributed by atoms with Crippen molar-refractivity contribution in [3.63, 3.8) is 0 Å². The van der Waals surface area contributed by atoms with Crippen molar-refractivity contribution in [1.82, 2.24) is 0 Å². The van der Waals surface area contributed by atoms with Crippen molar-refractivity contribution in [1.29, 1.82) is 0 Å². The molecule has 1 aliphatic rings. The van der Waals surface area contributed by atoms with Gasteiger partial charge in [-0.3, -0.25) is 4.79 Å². The maximum absolute atomic E-state index is 12.2. The quantitative estimate of drug-likeness (QED) is 0.672. The molecular weight excluding hydrogens is 268 g/mol. The topological polar surface area (TPSA) is 17.1 Å². The SMILES string of the molecule is O=C1CC[C@H](c2ccccc2)[C@H]1CCCCc1ccccc1. The second-order valence-electron chi connectivity index (χ2n) is 6.36. The summed E-state index contributed by atoms with van der Waals surface area (Å²) in [6.07, 6.45) is 6.29. The highest BCUT2D eigenvalue weighted by Gasteiger charge is 2.34. The van der Waals surface area contributed by atoms with Crippen molar-refractivity contribution in [2.45, 2.75) is 44.4 Å². The average molecular weight is 292 g/mol. The summed E-state index contributed by atoms with van der Waals surface area (Å²) >= 11 is 0. The molecule has 0 amide bonds. The van der Waals surface area contributed by atoms with Gasteiger partial charge in [0, 0.05) is 12.3 Å². The molecule has 22 heavy (non-hydrogen) atoms. The number of aryl methyl sites for hydroxylation is 1. The third-order valence-electron chi connectivity index (χ3n) is 4.90. The van der Waals surface area contributed by atoms with Crippen molar-refractivity contribution in [2.24, 2.45) is 5.92 Å². The lowest BCUT2D eigenvalue weighted by atomic mass is 9.85. The summed E-state index contributed by atoms with van der Waals surface area (Å²) in [5, 5.41) is 0. The fourth-order valence-corrected chi connectivity index (χ4v) is 3.71. The number of benzene rings is 2. The zero-order valence-electron chi connectivity index (χ0n) is 13.1. The Morgan fingerprint density at radius 1 is 0.864 bits per heavy atom. The van der Waals surface area contributed by atoms with Gasteiger partial charge < -0.3 is 0 Å². The van der Waals surface area contributed by atoms with E-state index in [2.05, 4.69) is 60.7 Å². The Hall–Kier alpha value is -1.89. The number of Topliss-reactive ketones (excluding diaryl/α,β-unsaturated/α-hetero) is 1. The Kier molecular flexibility index (Phi) is 5.05. The van der Waals surface area contributed by atoms with Gasteiger partial charge in [0.2, 0.25) is 0 Å². The summed E-state index contributed by atoms with van der Waals surface area (Å²) < 4.78 is 0. The monoisotopic (exact) mass is 292 g/mol. The third kappa shape index (κ3) is 3.65. The molecule has 1 nitrogen and oxygen atoms in total. The first-order valence-electron chi connectivity index (χ1n) is 8.46. The van der Waals surface area contributed by atoms with Crippen LogP contribution in [0.5, 0.6) is 0 Å². The molecule has 2 aromatic carbocycles. The lowest BCUT2D eigenvalue weighted by Crippen LogP contribution is -2.13. The van der Waals surface area contributed by atoms with Gasteiger partial charge >= 0.3 is 0 Å². The standard InChI is InChI=1S/C21H24O/c22-21-16-15-19(18-12-5-2-6-13-18)20(21)14-8-7-11-17-9-3-1-4-10-17/h1-6,9-10,12-13,19-20H,7-8,11,14-16H2/t19-,20-/m1/s1. The first kappa shape index (κ1) is 15.0. The number of hydrogen-bond donors (Lipinski definition) is 0. The Balaban J connectivity index is 1.53. The molecule has 0 unspecified atom stereocenters. The molecule has 3 rings (SSSR count). The summed E-state index contributed by atoms with van der Waals surface area (Å²) in [5.74, 6) is 1.18. The van der Waals surface area contributed by atoms with E-state index in [1.54, 1.807) is 0 Å². The van der Waals surface area contributed by atoms with Crippen LogP contribution in [0, 0.1) is 5.92 Å². The maximum atomic E-state index is 12.2. The van der Waals surface area contributed by atoms with E-state index in [1.807, 2.05) is 0 Å². The molecule has 0 spiro atoms. The summed E-state index contributed by atoms with van der Waals surface area (Å²) in [6, 6.07) is 21.2. The van der Waals surface area contributed by atoms with Crippen molar-refractivity contribution >= 4 is 5.78 Å². The summed E-state index contributed by atoms with van der Waals surface area (Å²) in [7, 11) is 0. The Morgan fingerprint density at radius 3 is 2.27 bits per heavy atom. The van der Waals surface area contributed by atoms with Gasteiger partial charge in [-0.05, 0) is 42.7 Å². The van der Waals surface area contributed by atoms with Crippen LogP contribution in [0.2, 0.25) is 0 Å². The summed E-state index contributed by atoms with van der Waals surface area (Å²) in [6.45, 7) is 0. The second kappa shape index (κ2) is 7.40. The fraction of sp³-hybridized carbons (Fsp3) is 0.381. The van der Waals surface area contributed by atoms with E-state index >= 15 is 0 Å². The number of ketones is 1. The zero-order valence-corrected chi connectivity index (χ0v) is 13.1. The van der Waals surface area contributed by atoms with Crippen LogP contribution in [0.25, 0.3) is 0 Å². The molecule has 0 aliphatic heterocycles. The second-order valence-corrected chi connectivity index (χ2v) is 6.36. The van der Waals surface area contributed by atoms with E-state index in [9.17, 15) is 4.79 Å². The highest BCUT2D eigenvalue weighted by molar-refractivity contribution is 5.84. The Morgan fingerprint density at radius 2 is 1.55 bits per heavy atom. The normalized spacial score (nSPS) is 21.2. The van der Waals surface area contributed by atoms with Crippen LogP contribution in [-0.2, 0) is 11.2 Å². The van der Waals surface area contributed by atoms with E-state index < -0.39 is 0 Å². The minimum atomic E-state index is 0.248. The predicted molar refractivity (Wildman–Crippen MR) is 90.9 cm³/mol. The molecule has 2 atom stereocenters. The molecule has 0 bridgehead atoms. The first-order chi connectivity index (χ1) is 10.8. The molecule has 0 aromatic heterocycles. The third-order valence-corrected chi connectivity index (χ3v) is 4.90. The van der Waals surface area contributed by atoms with E-state index in [-0.39, 0.29) is 5.92 Å². The molecule has 2 aromatic rings. The van der Waals surface area contributed by atoms with Crippen molar-refractivity contribution in [3.8, 4) is 0 Å². The van der Waals surface area contributed by atoms with E-state index in [0.717, 1.165) is 32.1 Å². The van der Waals surface area contributed by atoms with Crippen LogP contribution in [0.1, 0.15) is 49.1 Å². The van der Waals surface area contributed by atoms with Crippen molar-refractivity contribution in [3.05, 3.63) is 71.8 Å². The van der Waals surface area contributed by atoms with Crippen LogP contribution < -0.4 is 0 Å². The number of rotatable bonds is 6. The number of carbonyl (C=O) groups is 1. The zero-order chi connectivity index (χ0) is 15.2. The average Bonchev–Trinajstić information content (AvgIpc) is 2.94. The van der Waals surface area contributed by atoms with Crippen molar-refractivity contribution < 1.29 is 4.79 Å². The molecule has 0 radical (unpaired) electrons. The van der Waals surface area contributed by atoms with Gasteiger partial charge in [-0.25, -0.2) is 0 Å². The molecule has 0 N–H and O–H groups in total. The highest BCUT2D eigenvalue weighted by atomic mass is 16.1. The minimum Gasteiger partial charge on any atom is -0.299 e. The predicted octanol–water partition coefficient (Wildman–Crippen LogP) is 5.16. The van der Waals surface area contributed by atoms with E-state index in [1.165, 1.54) is 17.5 Å². The van der Waals surface area contributed by atoms with E-state index in [0.29, 0.717) is 11.7 Å². The van der Waals surface area contributed by atoms with Crippen molar-refractivity contribution in [2.75, 3.05) is 0 Å². The van der Waals surface area contributed by atoms with Crippen LogP contribution in [-0.4, -0.2) is 5.78 Å². The fourth-order valence-electron chi connectivity index (χ4n) is 3.71. The summed E-state index contributed by atoms with van der Waals surface area (Å²) in [4.78, 5) is 12.2. The van der Waals surface area contributed by atoms with Gasteiger partial charge in [0.25, 0.3) is 0 Å². The van der Waals surface area contributed by atoms with E-state index in [4.69, 9.17) is 0 Å². The van der Waals surface area contributed by atoms with Gasteiger partial charge in [0.15, 0.2) is 0 Å². The number of hydrogen-bond acceptors (Lipinski definition) is 1. The molecule has 114 valence electrons. The number of unbranched alkanes of at least 4 members (excludes halogenated alkanes) is 1. The minimum absolute atomic E-state index is 0.248. The summed E-state index contributed by atoms with van der Waals surface area (Å²) in [5.41, 5.74) is 2.75. The van der Waals surface area contributed by atoms with Gasteiger partial charge in [-0.15, -0.1) is 0 Å². The Labute approximate surface area is 133 Å². The first-order valence-corrected chi connectivity index (χ1v) is 8.46. The van der Waals surface area contributed by atoms with Crippen LogP contribution in [0.4, 0.5) is 0 Å². The molecule has 0 heterocycles. The van der Waals surface area contributed by atoms with Gasteiger partial charge in [-0.2, -0.15) is 0 Å². The van der Waals surface area contributed by atoms with Crippen LogP contribution in [0.15, 0.2) is 60.7 Å². The van der Waals surface area contributed by atoms with Gasteiger partial charge in [-0.1, -0.05) is 67.1 Å². The smallest absolute Gasteiger partial charge is 0.136 e.